The number of carbonyl (C=O) groups is 2. The first kappa shape index (κ1) is 16.3. The van der Waals surface area contributed by atoms with Crippen LogP contribution in [0.15, 0.2) is 12.1 Å². The fourth-order valence-electron chi connectivity index (χ4n) is 3.99. The van der Waals surface area contributed by atoms with Crippen LogP contribution in [0.3, 0.4) is 0 Å². The van der Waals surface area contributed by atoms with Gasteiger partial charge in [-0.3, -0.25) is 9.59 Å². The average molecular weight is 360 g/mol. The minimum absolute atomic E-state index is 0.0516. The van der Waals surface area contributed by atoms with Crippen LogP contribution in [0.4, 0.5) is 0 Å². The minimum Gasteiger partial charge on any atom is -0.298 e. The lowest BCUT2D eigenvalue weighted by Gasteiger charge is -2.41. The van der Waals surface area contributed by atoms with Gasteiger partial charge < -0.3 is 0 Å². The number of hydrogen-bond acceptors (Lipinski definition) is 2. The second kappa shape index (κ2) is 6.14. The van der Waals surface area contributed by atoms with Gasteiger partial charge in [-0.05, 0) is 30.4 Å². The molecule has 0 heterocycles. The van der Waals surface area contributed by atoms with Crippen molar-refractivity contribution in [2.45, 2.75) is 50.9 Å². The second-order valence-corrected chi connectivity index (χ2v) is 7.81. The summed E-state index contributed by atoms with van der Waals surface area (Å²) in [5.41, 5.74) is 0.308. The van der Waals surface area contributed by atoms with Crippen LogP contribution in [-0.4, -0.2) is 11.6 Å². The number of rotatable bonds is 1. The SMILES string of the molecule is O=C1CC2(CCCCC2)CC(=O)C1c1c(Cl)cc(Cl)cc1Cl. The molecule has 0 aromatic heterocycles. The Morgan fingerprint density at radius 2 is 1.36 bits per heavy atom. The zero-order chi connectivity index (χ0) is 15.9. The molecule has 0 bridgehead atoms. The monoisotopic (exact) mass is 358 g/mol. The highest BCUT2D eigenvalue weighted by atomic mass is 35.5. The van der Waals surface area contributed by atoms with Crippen molar-refractivity contribution in [2.24, 2.45) is 5.41 Å². The molecular formula is C17H17Cl3O2. The van der Waals surface area contributed by atoms with Crippen LogP contribution in [0.5, 0.6) is 0 Å². The molecule has 3 rings (SSSR count). The zero-order valence-corrected chi connectivity index (χ0v) is 14.4. The summed E-state index contributed by atoms with van der Waals surface area (Å²) >= 11 is 18.3. The number of ketones is 2. The van der Waals surface area contributed by atoms with Crippen molar-refractivity contribution in [2.75, 3.05) is 0 Å². The number of halogens is 3. The Morgan fingerprint density at radius 3 is 1.86 bits per heavy atom. The molecule has 2 saturated carbocycles. The van der Waals surface area contributed by atoms with E-state index >= 15 is 0 Å². The normalized spacial score (nSPS) is 22.3. The fraction of sp³-hybridized carbons (Fsp3) is 0.529. The van der Waals surface area contributed by atoms with E-state index in [0.29, 0.717) is 33.5 Å². The molecule has 118 valence electrons. The predicted octanol–water partition coefficient (Wildman–Crippen LogP) is 5.61. The highest BCUT2D eigenvalue weighted by Crippen LogP contribution is 2.49. The van der Waals surface area contributed by atoms with Gasteiger partial charge in [-0.1, -0.05) is 54.1 Å². The maximum Gasteiger partial charge on any atom is 0.148 e. The van der Waals surface area contributed by atoms with Gasteiger partial charge >= 0.3 is 0 Å². The first-order chi connectivity index (χ1) is 10.4. The van der Waals surface area contributed by atoms with Gasteiger partial charge in [0.25, 0.3) is 0 Å². The summed E-state index contributed by atoms with van der Waals surface area (Å²) in [6.45, 7) is 0. The van der Waals surface area contributed by atoms with Gasteiger partial charge in [0.15, 0.2) is 0 Å². The first-order valence-electron chi connectivity index (χ1n) is 7.62. The molecule has 0 aliphatic heterocycles. The van der Waals surface area contributed by atoms with E-state index in [2.05, 4.69) is 0 Å². The van der Waals surface area contributed by atoms with Crippen LogP contribution in [0.25, 0.3) is 0 Å². The second-order valence-electron chi connectivity index (χ2n) is 6.56. The highest BCUT2D eigenvalue weighted by Gasteiger charge is 2.46. The number of benzene rings is 1. The Balaban J connectivity index is 1.94. The summed E-state index contributed by atoms with van der Waals surface area (Å²) in [6.07, 6.45) is 6.26. The highest BCUT2D eigenvalue weighted by molar-refractivity contribution is 6.40. The van der Waals surface area contributed by atoms with Crippen LogP contribution in [-0.2, 0) is 9.59 Å². The van der Waals surface area contributed by atoms with E-state index < -0.39 is 5.92 Å². The largest absolute Gasteiger partial charge is 0.298 e. The van der Waals surface area contributed by atoms with E-state index in [-0.39, 0.29) is 17.0 Å². The third-order valence-corrected chi connectivity index (χ3v) is 5.83. The van der Waals surface area contributed by atoms with E-state index in [1.807, 2.05) is 0 Å². The van der Waals surface area contributed by atoms with Crippen LogP contribution < -0.4 is 0 Å². The molecule has 0 saturated heterocycles. The number of hydrogen-bond donors (Lipinski definition) is 0. The number of Topliss-reactive ketones (excluding diaryl/α,β-unsaturated/α-hetero) is 2. The Hall–Kier alpha value is -0.570. The van der Waals surface area contributed by atoms with Crippen LogP contribution in [0.2, 0.25) is 15.1 Å². The first-order valence-corrected chi connectivity index (χ1v) is 8.75. The van der Waals surface area contributed by atoms with Gasteiger partial charge in [-0.25, -0.2) is 0 Å². The maximum atomic E-state index is 12.7. The molecule has 0 atom stereocenters. The lowest BCUT2D eigenvalue weighted by Crippen LogP contribution is -2.40. The molecule has 2 nitrogen and oxygen atoms in total. The lowest BCUT2D eigenvalue weighted by molar-refractivity contribution is -0.137. The molecule has 0 radical (unpaired) electrons. The van der Waals surface area contributed by atoms with E-state index in [0.717, 1.165) is 25.7 Å². The van der Waals surface area contributed by atoms with Gasteiger partial charge in [0.05, 0.1) is 0 Å². The van der Waals surface area contributed by atoms with Crippen molar-refractivity contribution in [1.29, 1.82) is 0 Å². The van der Waals surface area contributed by atoms with Crippen molar-refractivity contribution in [3.05, 3.63) is 32.8 Å². The molecule has 22 heavy (non-hydrogen) atoms. The quantitative estimate of drug-likeness (QED) is 0.610. The number of carbonyl (C=O) groups excluding carboxylic acids is 2. The minimum atomic E-state index is -0.829. The smallest absolute Gasteiger partial charge is 0.148 e. The molecule has 0 unspecified atom stereocenters. The van der Waals surface area contributed by atoms with Crippen molar-refractivity contribution < 1.29 is 9.59 Å². The van der Waals surface area contributed by atoms with E-state index in [1.54, 1.807) is 0 Å². The van der Waals surface area contributed by atoms with E-state index in [1.165, 1.54) is 18.6 Å². The Labute approximate surface area is 145 Å². The summed E-state index contributed by atoms with van der Waals surface area (Å²) in [5, 5.41) is 0.991. The molecule has 2 fully saturated rings. The van der Waals surface area contributed by atoms with Gasteiger partial charge in [-0.2, -0.15) is 0 Å². The van der Waals surface area contributed by atoms with E-state index in [9.17, 15) is 9.59 Å². The van der Waals surface area contributed by atoms with Crippen LogP contribution >= 0.6 is 34.8 Å². The molecular weight excluding hydrogens is 343 g/mol. The fourth-order valence-corrected chi connectivity index (χ4v) is 5.03. The Kier molecular flexibility index (Phi) is 4.55. The third kappa shape index (κ3) is 2.93. The molecule has 0 amide bonds. The predicted molar refractivity (Wildman–Crippen MR) is 89.0 cm³/mol. The Morgan fingerprint density at radius 1 is 0.864 bits per heavy atom. The van der Waals surface area contributed by atoms with Crippen LogP contribution in [0, 0.1) is 5.41 Å². The van der Waals surface area contributed by atoms with Gasteiger partial charge in [0.2, 0.25) is 0 Å². The molecule has 1 aromatic carbocycles. The summed E-state index contributed by atoms with van der Waals surface area (Å²) in [5.74, 6) is -0.932. The van der Waals surface area contributed by atoms with E-state index in [4.69, 9.17) is 34.8 Å². The van der Waals surface area contributed by atoms with Gasteiger partial charge in [0, 0.05) is 33.5 Å². The molecule has 2 aliphatic rings. The topological polar surface area (TPSA) is 34.1 Å². The summed E-state index contributed by atoms with van der Waals surface area (Å²) in [6, 6.07) is 3.08. The Bertz CT molecular complexity index is 590. The summed E-state index contributed by atoms with van der Waals surface area (Å²) in [7, 11) is 0. The summed E-state index contributed by atoms with van der Waals surface area (Å²) < 4.78 is 0. The summed E-state index contributed by atoms with van der Waals surface area (Å²) in [4.78, 5) is 25.4. The van der Waals surface area contributed by atoms with Crippen LogP contribution in [0.1, 0.15) is 56.4 Å². The van der Waals surface area contributed by atoms with Gasteiger partial charge in [-0.15, -0.1) is 0 Å². The van der Waals surface area contributed by atoms with Crippen molar-refractivity contribution in [3.8, 4) is 0 Å². The standard InChI is InChI=1S/C17H17Cl3O2/c18-10-6-11(19)15(12(20)7-10)16-13(21)8-17(9-14(16)22)4-2-1-3-5-17/h6-7,16H,1-5,8-9H2. The van der Waals surface area contributed by atoms with Crippen molar-refractivity contribution in [3.63, 3.8) is 0 Å². The van der Waals surface area contributed by atoms with Gasteiger partial charge in [0.1, 0.15) is 17.5 Å². The molecule has 1 aromatic rings. The average Bonchev–Trinajstić information content (AvgIpc) is 2.41. The molecule has 0 N–H and O–H groups in total. The van der Waals surface area contributed by atoms with Crippen molar-refractivity contribution in [1.82, 2.24) is 0 Å². The third-order valence-electron chi connectivity index (χ3n) is 4.99. The van der Waals surface area contributed by atoms with Crippen molar-refractivity contribution >= 4 is 46.4 Å². The maximum absolute atomic E-state index is 12.7. The molecule has 1 spiro atoms. The lowest BCUT2D eigenvalue weighted by atomic mass is 9.61. The zero-order valence-electron chi connectivity index (χ0n) is 12.1. The molecule has 2 aliphatic carbocycles. The molecule has 5 heteroatoms.